The van der Waals surface area contributed by atoms with E-state index in [1.165, 1.54) is 0 Å². The van der Waals surface area contributed by atoms with Crippen LogP contribution in [-0.4, -0.2) is 11.9 Å². The summed E-state index contributed by atoms with van der Waals surface area (Å²) in [7, 11) is 0. The number of carbonyl (C=O) groups excluding carboxylic acids is 1. The van der Waals surface area contributed by atoms with Crippen molar-refractivity contribution in [3.63, 3.8) is 0 Å². The van der Waals surface area contributed by atoms with Gasteiger partial charge in [-0.05, 0) is 42.9 Å². The van der Waals surface area contributed by atoms with Crippen LogP contribution in [0.3, 0.4) is 0 Å². The Morgan fingerprint density at radius 2 is 2.05 bits per heavy atom. The molecule has 104 valence electrons. The van der Waals surface area contributed by atoms with Gasteiger partial charge in [0.05, 0.1) is 6.04 Å². The molecular formula is C15H21ClN2O. The first-order valence-corrected chi connectivity index (χ1v) is 7.15. The summed E-state index contributed by atoms with van der Waals surface area (Å²) in [4.78, 5) is 11.9. The second-order valence-electron chi connectivity index (χ2n) is 5.65. The van der Waals surface area contributed by atoms with Crippen molar-refractivity contribution in [2.24, 2.45) is 17.6 Å². The second-order valence-corrected chi connectivity index (χ2v) is 6.09. The van der Waals surface area contributed by atoms with Crippen LogP contribution in [0.25, 0.3) is 0 Å². The zero-order chi connectivity index (χ0) is 14.0. The number of nitrogens with one attached hydrogen (secondary N) is 1. The zero-order valence-electron chi connectivity index (χ0n) is 11.4. The molecule has 1 aliphatic carbocycles. The molecule has 1 aliphatic rings. The van der Waals surface area contributed by atoms with Crippen molar-refractivity contribution in [2.45, 2.75) is 38.8 Å². The molecule has 3 N–H and O–H groups in total. The third-order valence-corrected chi connectivity index (χ3v) is 3.90. The quantitative estimate of drug-likeness (QED) is 0.871. The van der Waals surface area contributed by atoms with E-state index in [0.29, 0.717) is 23.3 Å². The van der Waals surface area contributed by atoms with Gasteiger partial charge in [0.1, 0.15) is 0 Å². The first-order valence-electron chi connectivity index (χ1n) is 6.77. The number of hydrogen-bond acceptors (Lipinski definition) is 2. The van der Waals surface area contributed by atoms with Gasteiger partial charge in [0.15, 0.2) is 0 Å². The molecular weight excluding hydrogens is 260 g/mol. The highest BCUT2D eigenvalue weighted by Crippen LogP contribution is 2.47. The maximum absolute atomic E-state index is 11.9. The Kier molecular flexibility index (Phi) is 4.48. The highest BCUT2D eigenvalue weighted by atomic mass is 35.5. The minimum absolute atomic E-state index is 0.0223. The number of hydrogen-bond donors (Lipinski definition) is 2. The van der Waals surface area contributed by atoms with Gasteiger partial charge in [0, 0.05) is 17.5 Å². The molecule has 0 saturated heterocycles. The van der Waals surface area contributed by atoms with Crippen LogP contribution in [0.15, 0.2) is 24.3 Å². The molecule has 2 rings (SSSR count). The van der Waals surface area contributed by atoms with Gasteiger partial charge in [-0.15, -0.1) is 0 Å². The van der Waals surface area contributed by atoms with E-state index in [2.05, 4.69) is 12.2 Å². The van der Waals surface area contributed by atoms with Gasteiger partial charge in [-0.1, -0.05) is 30.7 Å². The maximum Gasteiger partial charge on any atom is 0.222 e. The zero-order valence-corrected chi connectivity index (χ0v) is 12.2. The lowest BCUT2D eigenvalue weighted by molar-refractivity contribution is -0.122. The SMILES string of the molecule is CC(N)CC(=O)NC(c1ccc(Cl)cc1)C1CC1C. The van der Waals surface area contributed by atoms with Crippen LogP contribution >= 0.6 is 11.6 Å². The number of rotatable bonds is 5. The van der Waals surface area contributed by atoms with Crippen LogP contribution in [0.4, 0.5) is 0 Å². The number of amides is 1. The van der Waals surface area contributed by atoms with Crippen molar-refractivity contribution in [3.05, 3.63) is 34.9 Å². The van der Waals surface area contributed by atoms with Crippen molar-refractivity contribution >= 4 is 17.5 Å². The number of halogens is 1. The van der Waals surface area contributed by atoms with E-state index in [0.717, 1.165) is 12.0 Å². The average Bonchev–Trinajstić information content (AvgIpc) is 3.03. The molecule has 0 radical (unpaired) electrons. The van der Waals surface area contributed by atoms with Gasteiger partial charge < -0.3 is 11.1 Å². The predicted molar refractivity (Wildman–Crippen MR) is 77.9 cm³/mol. The molecule has 1 saturated carbocycles. The molecule has 4 heteroatoms. The topological polar surface area (TPSA) is 55.1 Å². The summed E-state index contributed by atoms with van der Waals surface area (Å²) in [6.07, 6.45) is 1.52. The standard InChI is InChI=1S/C15H21ClN2O/c1-9-7-13(9)15(18-14(19)8-10(2)17)11-3-5-12(16)6-4-11/h3-6,9-10,13,15H,7-8,17H2,1-2H3,(H,18,19). The van der Waals surface area contributed by atoms with Crippen molar-refractivity contribution < 1.29 is 4.79 Å². The van der Waals surface area contributed by atoms with Gasteiger partial charge >= 0.3 is 0 Å². The Morgan fingerprint density at radius 1 is 1.47 bits per heavy atom. The van der Waals surface area contributed by atoms with E-state index < -0.39 is 0 Å². The molecule has 1 amide bonds. The van der Waals surface area contributed by atoms with Crippen LogP contribution < -0.4 is 11.1 Å². The van der Waals surface area contributed by atoms with Gasteiger partial charge in [-0.3, -0.25) is 4.79 Å². The monoisotopic (exact) mass is 280 g/mol. The van der Waals surface area contributed by atoms with Crippen LogP contribution in [0.5, 0.6) is 0 Å². The Morgan fingerprint density at radius 3 is 2.53 bits per heavy atom. The lowest BCUT2D eigenvalue weighted by Crippen LogP contribution is -2.34. The molecule has 0 aliphatic heterocycles. The van der Waals surface area contributed by atoms with E-state index in [4.69, 9.17) is 17.3 Å². The molecule has 0 bridgehead atoms. The fourth-order valence-electron chi connectivity index (χ4n) is 2.45. The smallest absolute Gasteiger partial charge is 0.222 e. The van der Waals surface area contributed by atoms with Crippen molar-refractivity contribution in [2.75, 3.05) is 0 Å². The van der Waals surface area contributed by atoms with Crippen LogP contribution in [0.2, 0.25) is 5.02 Å². The first kappa shape index (κ1) is 14.4. The lowest BCUT2D eigenvalue weighted by atomic mass is 10.0. The summed E-state index contributed by atoms with van der Waals surface area (Å²) >= 11 is 5.91. The largest absolute Gasteiger partial charge is 0.349 e. The van der Waals surface area contributed by atoms with Crippen LogP contribution in [0, 0.1) is 11.8 Å². The maximum atomic E-state index is 11.9. The number of carbonyl (C=O) groups is 1. The highest BCUT2D eigenvalue weighted by Gasteiger charge is 2.40. The van der Waals surface area contributed by atoms with E-state index >= 15 is 0 Å². The molecule has 3 nitrogen and oxygen atoms in total. The molecule has 1 aromatic rings. The molecule has 4 unspecified atom stereocenters. The molecule has 0 heterocycles. The summed E-state index contributed by atoms with van der Waals surface area (Å²) in [5.74, 6) is 1.21. The second kappa shape index (κ2) is 5.93. The minimum atomic E-state index is -0.109. The Balaban J connectivity index is 2.08. The highest BCUT2D eigenvalue weighted by molar-refractivity contribution is 6.30. The van der Waals surface area contributed by atoms with Crippen LogP contribution in [0.1, 0.15) is 38.3 Å². The van der Waals surface area contributed by atoms with Gasteiger partial charge in [-0.25, -0.2) is 0 Å². The summed E-state index contributed by atoms with van der Waals surface area (Å²) < 4.78 is 0. The van der Waals surface area contributed by atoms with E-state index in [1.54, 1.807) is 0 Å². The predicted octanol–water partition coefficient (Wildman–Crippen LogP) is 2.89. The Hall–Kier alpha value is -1.06. The van der Waals surface area contributed by atoms with Gasteiger partial charge in [0.25, 0.3) is 0 Å². The third kappa shape index (κ3) is 3.95. The van der Waals surface area contributed by atoms with Crippen molar-refractivity contribution in [3.8, 4) is 0 Å². The molecule has 0 aromatic heterocycles. The Bertz CT molecular complexity index is 444. The molecule has 4 atom stereocenters. The van der Waals surface area contributed by atoms with E-state index in [9.17, 15) is 4.79 Å². The van der Waals surface area contributed by atoms with Gasteiger partial charge in [-0.2, -0.15) is 0 Å². The summed E-state index contributed by atoms with van der Waals surface area (Å²) in [6, 6.07) is 7.69. The van der Waals surface area contributed by atoms with Crippen molar-refractivity contribution in [1.82, 2.24) is 5.32 Å². The van der Waals surface area contributed by atoms with E-state index in [1.807, 2.05) is 31.2 Å². The van der Waals surface area contributed by atoms with Crippen molar-refractivity contribution in [1.29, 1.82) is 0 Å². The van der Waals surface area contributed by atoms with E-state index in [-0.39, 0.29) is 18.0 Å². The molecule has 1 aromatic carbocycles. The van der Waals surface area contributed by atoms with Crippen LogP contribution in [-0.2, 0) is 4.79 Å². The fraction of sp³-hybridized carbons (Fsp3) is 0.533. The molecule has 0 spiro atoms. The Labute approximate surface area is 119 Å². The molecule has 19 heavy (non-hydrogen) atoms. The fourth-order valence-corrected chi connectivity index (χ4v) is 2.57. The minimum Gasteiger partial charge on any atom is -0.349 e. The first-order chi connectivity index (χ1) is 8.97. The summed E-state index contributed by atoms with van der Waals surface area (Å²) in [5, 5.41) is 3.83. The molecule has 1 fully saturated rings. The number of benzene rings is 1. The third-order valence-electron chi connectivity index (χ3n) is 3.65. The summed E-state index contributed by atoms with van der Waals surface area (Å²) in [6.45, 7) is 4.06. The number of nitrogens with two attached hydrogens (primary N) is 1. The average molecular weight is 281 g/mol. The normalized spacial score (nSPS) is 24.6. The van der Waals surface area contributed by atoms with Gasteiger partial charge in [0.2, 0.25) is 5.91 Å². The summed E-state index contributed by atoms with van der Waals surface area (Å²) in [5.41, 5.74) is 6.79. The lowest BCUT2D eigenvalue weighted by Gasteiger charge is -2.20.